The van der Waals surface area contributed by atoms with Gasteiger partial charge in [-0.15, -0.1) is 0 Å². The lowest BCUT2D eigenvalue weighted by molar-refractivity contribution is -0.384. The monoisotopic (exact) mass is 363 g/mol. The van der Waals surface area contributed by atoms with E-state index in [9.17, 15) is 19.7 Å². The maximum absolute atomic E-state index is 11.9. The first-order valence-corrected chi connectivity index (χ1v) is 6.97. The van der Waals surface area contributed by atoms with Crippen LogP contribution in [0.4, 0.5) is 5.69 Å². The van der Waals surface area contributed by atoms with Crippen LogP contribution in [-0.2, 0) is 4.74 Å². The number of carbonyl (C=O) groups excluding carboxylic acids is 2. The third-order valence-corrected chi connectivity index (χ3v) is 3.27. The summed E-state index contributed by atoms with van der Waals surface area (Å²) in [6, 6.07) is 11.8. The molecule has 22 heavy (non-hydrogen) atoms. The Bertz CT molecular complexity index is 744. The number of nitrogens with zero attached hydrogens (tertiary/aromatic N) is 1. The summed E-state index contributed by atoms with van der Waals surface area (Å²) in [5, 5.41) is 10.7. The molecule has 0 bridgehead atoms. The SMILES string of the molecule is O=C(COC(=O)c1cccc(Br)c1)c1cccc([N+](=O)[O-])c1. The Labute approximate surface area is 134 Å². The van der Waals surface area contributed by atoms with Gasteiger partial charge in [0.2, 0.25) is 5.78 Å². The Hall–Kier alpha value is -2.54. The van der Waals surface area contributed by atoms with Crippen LogP contribution in [0.15, 0.2) is 53.0 Å². The zero-order valence-electron chi connectivity index (χ0n) is 11.2. The fourth-order valence-electron chi connectivity index (χ4n) is 1.71. The van der Waals surface area contributed by atoms with Gasteiger partial charge < -0.3 is 4.74 Å². The molecule has 0 spiro atoms. The van der Waals surface area contributed by atoms with Gasteiger partial charge in [-0.2, -0.15) is 0 Å². The van der Waals surface area contributed by atoms with E-state index in [1.807, 2.05) is 0 Å². The summed E-state index contributed by atoms with van der Waals surface area (Å²) >= 11 is 3.23. The van der Waals surface area contributed by atoms with Crippen molar-refractivity contribution in [3.8, 4) is 0 Å². The molecule has 0 aliphatic rings. The topological polar surface area (TPSA) is 86.5 Å². The van der Waals surface area contributed by atoms with E-state index >= 15 is 0 Å². The number of Topliss-reactive ketones (excluding diaryl/α,β-unsaturated/α-hetero) is 1. The van der Waals surface area contributed by atoms with Crippen LogP contribution >= 0.6 is 15.9 Å². The van der Waals surface area contributed by atoms with Crippen LogP contribution in [0.5, 0.6) is 0 Å². The molecular formula is C15H10BrNO5. The number of benzene rings is 2. The second-order valence-corrected chi connectivity index (χ2v) is 5.23. The van der Waals surface area contributed by atoms with Gasteiger partial charge in [0.1, 0.15) is 0 Å². The molecule has 0 heterocycles. The Kier molecular flexibility index (Phi) is 5.00. The van der Waals surface area contributed by atoms with E-state index in [-0.39, 0.29) is 11.3 Å². The number of hydrogen-bond acceptors (Lipinski definition) is 5. The Morgan fingerprint density at radius 1 is 1.09 bits per heavy atom. The van der Waals surface area contributed by atoms with Crippen LogP contribution in [0, 0.1) is 10.1 Å². The average Bonchev–Trinajstić information content (AvgIpc) is 2.52. The van der Waals surface area contributed by atoms with Gasteiger partial charge in [0.25, 0.3) is 5.69 Å². The van der Waals surface area contributed by atoms with Gasteiger partial charge in [0.15, 0.2) is 6.61 Å². The van der Waals surface area contributed by atoms with Gasteiger partial charge in [-0.05, 0) is 18.2 Å². The third-order valence-electron chi connectivity index (χ3n) is 2.77. The quantitative estimate of drug-likeness (QED) is 0.351. The minimum absolute atomic E-state index is 0.122. The van der Waals surface area contributed by atoms with Gasteiger partial charge >= 0.3 is 5.97 Å². The normalized spacial score (nSPS) is 10.0. The molecule has 0 unspecified atom stereocenters. The van der Waals surface area contributed by atoms with Crippen LogP contribution in [-0.4, -0.2) is 23.3 Å². The number of carbonyl (C=O) groups is 2. The smallest absolute Gasteiger partial charge is 0.338 e. The predicted octanol–water partition coefficient (Wildman–Crippen LogP) is 3.40. The summed E-state index contributed by atoms with van der Waals surface area (Å²) in [6.07, 6.45) is 0. The maximum Gasteiger partial charge on any atom is 0.338 e. The molecule has 0 saturated carbocycles. The third kappa shape index (κ3) is 3.98. The highest BCUT2D eigenvalue weighted by molar-refractivity contribution is 9.10. The number of halogens is 1. The minimum Gasteiger partial charge on any atom is -0.454 e. The molecule has 0 N–H and O–H groups in total. The molecular weight excluding hydrogens is 354 g/mol. The number of ketones is 1. The first kappa shape index (κ1) is 15.8. The molecule has 0 atom stereocenters. The average molecular weight is 364 g/mol. The van der Waals surface area contributed by atoms with Gasteiger partial charge in [-0.25, -0.2) is 4.79 Å². The fraction of sp³-hybridized carbons (Fsp3) is 0.0667. The number of nitro benzene ring substituents is 1. The highest BCUT2D eigenvalue weighted by Gasteiger charge is 2.14. The second-order valence-electron chi connectivity index (χ2n) is 4.32. The molecule has 7 heteroatoms. The first-order chi connectivity index (χ1) is 10.5. The van der Waals surface area contributed by atoms with E-state index in [0.717, 1.165) is 6.07 Å². The molecule has 0 fully saturated rings. The van der Waals surface area contributed by atoms with Crippen LogP contribution < -0.4 is 0 Å². The molecule has 2 rings (SSSR count). The molecule has 112 valence electrons. The summed E-state index contributed by atoms with van der Waals surface area (Å²) in [5.41, 5.74) is 0.238. The lowest BCUT2D eigenvalue weighted by Gasteiger charge is -2.05. The maximum atomic E-state index is 11.9. The van der Waals surface area contributed by atoms with Gasteiger partial charge in [0, 0.05) is 22.2 Å². The fourth-order valence-corrected chi connectivity index (χ4v) is 2.11. The number of esters is 1. The number of ether oxygens (including phenoxy) is 1. The van der Waals surface area contributed by atoms with Crippen molar-refractivity contribution < 1.29 is 19.2 Å². The van der Waals surface area contributed by atoms with Gasteiger partial charge in [-0.3, -0.25) is 14.9 Å². The van der Waals surface area contributed by atoms with Crippen molar-refractivity contribution in [1.82, 2.24) is 0 Å². The lowest BCUT2D eigenvalue weighted by Crippen LogP contribution is -2.14. The summed E-state index contributed by atoms with van der Waals surface area (Å²) in [7, 11) is 0. The molecule has 0 amide bonds. The van der Waals surface area contributed by atoms with Crippen molar-refractivity contribution >= 4 is 33.4 Å². The van der Waals surface area contributed by atoms with Crippen LogP contribution in [0.25, 0.3) is 0 Å². The molecule has 0 aromatic heterocycles. The standard InChI is InChI=1S/C15H10BrNO5/c16-12-5-1-4-11(7-12)15(19)22-9-14(18)10-3-2-6-13(8-10)17(20)21/h1-8H,9H2. The van der Waals surface area contributed by atoms with E-state index in [2.05, 4.69) is 15.9 Å². The summed E-state index contributed by atoms with van der Waals surface area (Å²) < 4.78 is 5.64. The van der Waals surface area contributed by atoms with Crippen LogP contribution in [0.3, 0.4) is 0 Å². The largest absolute Gasteiger partial charge is 0.454 e. The molecule has 2 aromatic rings. The van der Waals surface area contributed by atoms with E-state index in [1.165, 1.54) is 18.2 Å². The Morgan fingerprint density at radius 3 is 2.45 bits per heavy atom. The molecule has 0 saturated heterocycles. The Morgan fingerprint density at radius 2 is 1.77 bits per heavy atom. The molecule has 2 aromatic carbocycles. The van der Waals surface area contributed by atoms with Crippen LogP contribution in [0.2, 0.25) is 0 Å². The zero-order chi connectivity index (χ0) is 16.1. The van der Waals surface area contributed by atoms with Crippen molar-refractivity contribution in [2.75, 3.05) is 6.61 Å². The van der Waals surface area contributed by atoms with Crippen molar-refractivity contribution in [2.24, 2.45) is 0 Å². The van der Waals surface area contributed by atoms with Gasteiger partial charge in [0.05, 0.1) is 10.5 Å². The molecule has 6 nitrogen and oxygen atoms in total. The minimum atomic E-state index is -0.639. The summed E-state index contributed by atoms with van der Waals surface area (Å²) in [6.45, 7) is -0.480. The first-order valence-electron chi connectivity index (χ1n) is 6.18. The van der Waals surface area contributed by atoms with E-state index in [1.54, 1.807) is 24.3 Å². The van der Waals surface area contributed by atoms with Crippen molar-refractivity contribution in [3.05, 3.63) is 74.2 Å². The number of rotatable bonds is 5. The van der Waals surface area contributed by atoms with Crippen molar-refractivity contribution in [3.63, 3.8) is 0 Å². The molecule has 0 aliphatic heterocycles. The van der Waals surface area contributed by atoms with E-state index in [0.29, 0.717) is 10.0 Å². The predicted molar refractivity (Wildman–Crippen MR) is 81.9 cm³/mol. The Balaban J connectivity index is 2.02. The zero-order valence-corrected chi connectivity index (χ0v) is 12.8. The number of hydrogen-bond donors (Lipinski definition) is 0. The summed E-state index contributed by atoms with van der Waals surface area (Å²) in [5.74, 6) is -1.15. The lowest BCUT2D eigenvalue weighted by atomic mass is 10.1. The highest BCUT2D eigenvalue weighted by Crippen LogP contribution is 2.15. The van der Waals surface area contributed by atoms with E-state index < -0.39 is 23.3 Å². The van der Waals surface area contributed by atoms with Crippen molar-refractivity contribution in [2.45, 2.75) is 0 Å². The second kappa shape index (κ2) is 6.95. The molecule has 0 aliphatic carbocycles. The van der Waals surface area contributed by atoms with Crippen molar-refractivity contribution in [1.29, 1.82) is 0 Å². The van der Waals surface area contributed by atoms with E-state index in [4.69, 9.17) is 4.74 Å². The number of non-ortho nitro benzene ring substituents is 1. The highest BCUT2D eigenvalue weighted by atomic mass is 79.9. The molecule has 0 radical (unpaired) electrons. The van der Waals surface area contributed by atoms with Gasteiger partial charge in [-0.1, -0.05) is 34.1 Å². The van der Waals surface area contributed by atoms with Crippen LogP contribution in [0.1, 0.15) is 20.7 Å². The summed E-state index contributed by atoms with van der Waals surface area (Å²) in [4.78, 5) is 33.8. The number of nitro groups is 1.